The second-order valence-corrected chi connectivity index (χ2v) is 11.5. The number of ether oxygens (including phenoxy) is 1. The molecule has 1 unspecified atom stereocenters. The average molecular weight is 586 g/mol. The summed E-state index contributed by atoms with van der Waals surface area (Å²) in [5.74, 6) is 0.340. The van der Waals surface area contributed by atoms with Gasteiger partial charge in [-0.15, -0.1) is 0 Å². The molecule has 43 heavy (non-hydrogen) atoms. The number of hydrogen-bond acceptors (Lipinski definition) is 7. The van der Waals surface area contributed by atoms with Gasteiger partial charge < -0.3 is 25.0 Å². The van der Waals surface area contributed by atoms with Gasteiger partial charge in [0.2, 0.25) is 0 Å². The Labute approximate surface area is 251 Å². The van der Waals surface area contributed by atoms with Crippen molar-refractivity contribution in [2.45, 2.75) is 39.3 Å². The Bertz CT molecular complexity index is 1710. The number of pyridine rings is 1. The molecule has 4 rings (SSSR count). The number of halogens is 1. The molecule has 0 radical (unpaired) electrons. The zero-order valence-corrected chi connectivity index (χ0v) is 25.5. The van der Waals surface area contributed by atoms with Crippen LogP contribution in [0.5, 0.6) is 0 Å². The van der Waals surface area contributed by atoms with E-state index in [1.807, 2.05) is 37.4 Å². The summed E-state index contributed by atoms with van der Waals surface area (Å²) in [6.45, 7) is 13.0. The van der Waals surface area contributed by atoms with Crippen LogP contribution < -0.4 is 21.7 Å². The minimum absolute atomic E-state index is 0.0481. The Morgan fingerprint density at radius 2 is 1.93 bits per heavy atom. The lowest BCUT2D eigenvalue weighted by Crippen LogP contribution is -2.42. The molecule has 0 saturated carbocycles. The minimum atomic E-state index is -0.961. The molecular weight excluding hydrogens is 545 g/mol. The molecule has 1 aliphatic rings. The van der Waals surface area contributed by atoms with Gasteiger partial charge in [0.05, 0.1) is 31.4 Å². The van der Waals surface area contributed by atoms with Crippen molar-refractivity contribution in [2.24, 2.45) is 22.8 Å². The lowest BCUT2D eigenvalue weighted by atomic mass is 10.0. The molecular formula is C34H40FN5O3. The summed E-state index contributed by atoms with van der Waals surface area (Å²) >= 11 is 0. The van der Waals surface area contributed by atoms with E-state index in [1.165, 1.54) is 18.3 Å². The highest BCUT2D eigenvalue weighted by molar-refractivity contribution is 6.15. The Balaban J connectivity index is 1.95. The van der Waals surface area contributed by atoms with Gasteiger partial charge in [0.15, 0.2) is 0 Å². The predicted octanol–water partition coefficient (Wildman–Crippen LogP) is 3.19. The van der Waals surface area contributed by atoms with Crippen LogP contribution in [-0.4, -0.2) is 58.4 Å². The van der Waals surface area contributed by atoms with E-state index in [1.54, 1.807) is 50.7 Å². The maximum absolute atomic E-state index is 13.8. The van der Waals surface area contributed by atoms with E-state index < -0.39 is 5.60 Å². The summed E-state index contributed by atoms with van der Waals surface area (Å²) in [6, 6.07) is 14.0. The van der Waals surface area contributed by atoms with Crippen molar-refractivity contribution in [2.75, 3.05) is 26.3 Å². The second-order valence-electron chi connectivity index (χ2n) is 11.5. The van der Waals surface area contributed by atoms with E-state index in [0.29, 0.717) is 42.4 Å². The van der Waals surface area contributed by atoms with E-state index in [9.17, 15) is 14.3 Å². The van der Waals surface area contributed by atoms with Gasteiger partial charge in [0.25, 0.3) is 5.56 Å². The van der Waals surface area contributed by atoms with Crippen molar-refractivity contribution in [1.29, 1.82) is 0 Å². The SMILES string of the molecule is C=c1ccc(-c2cc(C)c(=O)n(C)c2)c/c1=C(/N=C(C)/C(C=NCC(C)(C)O)=C/N)N1CCOCC1c1ccc(F)cc1. The number of rotatable bonds is 8. The molecule has 1 aromatic heterocycles. The van der Waals surface area contributed by atoms with Gasteiger partial charge in [-0.3, -0.25) is 9.79 Å². The third-order valence-corrected chi connectivity index (χ3v) is 7.28. The van der Waals surface area contributed by atoms with E-state index in [-0.39, 0.29) is 24.0 Å². The van der Waals surface area contributed by atoms with Gasteiger partial charge in [-0.2, -0.15) is 0 Å². The molecule has 226 valence electrons. The van der Waals surface area contributed by atoms with Crippen molar-refractivity contribution < 1.29 is 14.2 Å². The molecule has 9 heteroatoms. The summed E-state index contributed by atoms with van der Waals surface area (Å²) in [4.78, 5) is 24.0. The Kier molecular flexibility index (Phi) is 9.78. The predicted molar refractivity (Wildman–Crippen MR) is 172 cm³/mol. The first-order chi connectivity index (χ1) is 20.4. The standard InChI is InChI=1S/C34H40FN5O3/c1-22-7-8-26(27-15-23(2)33(41)39(6)19-27)16-30(22)32(38-24(3)28(17-36)18-37-21-34(4,5)42)40-13-14-43-20-31(40)25-9-11-29(35)12-10-25/h7-12,15-19,31,42H,1,13-14,20-21,36H2,2-6H3/b28-17+,32-30+,37-18?,38-24+. The largest absolute Gasteiger partial charge is 0.404 e. The van der Waals surface area contributed by atoms with Gasteiger partial charge in [0, 0.05) is 54.3 Å². The summed E-state index contributed by atoms with van der Waals surface area (Å²) in [5, 5.41) is 11.6. The fourth-order valence-corrected chi connectivity index (χ4v) is 4.95. The normalized spacial score (nSPS) is 17.5. The van der Waals surface area contributed by atoms with Crippen LogP contribution in [0, 0.1) is 12.7 Å². The quantitative estimate of drug-likeness (QED) is 0.395. The number of nitrogens with zero attached hydrogens (tertiary/aromatic N) is 4. The van der Waals surface area contributed by atoms with E-state index in [0.717, 1.165) is 27.1 Å². The molecule has 0 spiro atoms. The first-order valence-corrected chi connectivity index (χ1v) is 14.2. The number of aliphatic hydroxyl groups is 1. The van der Waals surface area contributed by atoms with Gasteiger partial charge >= 0.3 is 0 Å². The average Bonchev–Trinajstić information content (AvgIpc) is 2.97. The van der Waals surface area contributed by atoms with Crippen LogP contribution in [0.2, 0.25) is 0 Å². The smallest absolute Gasteiger partial charge is 0.253 e. The summed E-state index contributed by atoms with van der Waals surface area (Å²) in [6.07, 6.45) is 4.87. The fraction of sp³-hybridized carbons (Fsp3) is 0.324. The third kappa shape index (κ3) is 7.74. The molecule has 0 bridgehead atoms. The minimum Gasteiger partial charge on any atom is -0.404 e. The molecule has 8 nitrogen and oxygen atoms in total. The highest BCUT2D eigenvalue weighted by Gasteiger charge is 2.27. The topological polar surface area (TPSA) is 105 Å². The van der Waals surface area contributed by atoms with Crippen LogP contribution in [0.4, 0.5) is 4.39 Å². The molecule has 2 aromatic carbocycles. The number of morpholine rings is 1. The molecule has 1 atom stereocenters. The van der Waals surface area contributed by atoms with Gasteiger partial charge in [0.1, 0.15) is 11.6 Å². The lowest BCUT2D eigenvalue weighted by molar-refractivity contribution is 0.0194. The molecule has 1 fully saturated rings. The maximum atomic E-state index is 13.8. The van der Waals surface area contributed by atoms with E-state index >= 15 is 0 Å². The number of benzene rings is 2. The first kappa shape index (κ1) is 31.6. The fourth-order valence-electron chi connectivity index (χ4n) is 4.95. The summed E-state index contributed by atoms with van der Waals surface area (Å²) in [7, 11) is 1.74. The molecule has 0 aliphatic carbocycles. The van der Waals surface area contributed by atoms with E-state index in [4.69, 9.17) is 15.5 Å². The summed E-state index contributed by atoms with van der Waals surface area (Å²) < 4.78 is 21.3. The number of allylic oxidation sites excluding steroid dienone is 1. The second kappa shape index (κ2) is 13.3. The van der Waals surface area contributed by atoms with Crippen molar-refractivity contribution in [3.63, 3.8) is 0 Å². The van der Waals surface area contributed by atoms with Crippen LogP contribution in [-0.2, 0) is 11.8 Å². The number of aryl methyl sites for hydroxylation is 2. The Morgan fingerprint density at radius 3 is 2.58 bits per heavy atom. The number of aliphatic imine (C=N–C) groups is 2. The highest BCUT2D eigenvalue weighted by atomic mass is 19.1. The van der Waals surface area contributed by atoms with Crippen LogP contribution >= 0.6 is 0 Å². The molecule has 3 N–H and O–H groups in total. The highest BCUT2D eigenvalue weighted by Crippen LogP contribution is 2.29. The van der Waals surface area contributed by atoms with Crippen LogP contribution in [0.3, 0.4) is 0 Å². The van der Waals surface area contributed by atoms with Crippen LogP contribution in [0.25, 0.3) is 23.5 Å². The number of aromatic nitrogens is 1. The molecule has 3 aromatic rings. The molecule has 1 aliphatic heterocycles. The molecule has 1 saturated heterocycles. The number of nitrogens with two attached hydrogens (primary N) is 1. The molecule has 2 heterocycles. The van der Waals surface area contributed by atoms with Gasteiger partial charge in [-0.25, -0.2) is 9.38 Å². The molecule has 0 amide bonds. The zero-order valence-electron chi connectivity index (χ0n) is 25.5. The Morgan fingerprint density at radius 1 is 1.21 bits per heavy atom. The number of hydrogen-bond donors (Lipinski definition) is 2. The zero-order chi connectivity index (χ0) is 31.3. The summed E-state index contributed by atoms with van der Waals surface area (Å²) in [5.41, 5.74) is 9.54. The Hall–Kier alpha value is -4.34. The third-order valence-electron chi connectivity index (χ3n) is 7.28. The monoisotopic (exact) mass is 585 g/mol. The maximum Gasteiger partial charge on any atom is 0.253 e. The first-order valence-electron chi connectivity index (χ1n) is 14.2. The van der Waals surface area contributed by atoms with Crippen molar-refractivity contribution in [3.05, 3.63) is 104 Å². The van der Waals surface area contributed by atoms with Gasteiger partial charge in [-0.1, -0.05) is 30.8 Å². The van der Waals surface area contributed by atoms with E-state index in [2.05, 4.69) is 16.5 Å². The van der Waals surface area contributed by atoms with Crippen LogP contribution in [0.15, 0.2) is 81.3 Å². The van der Waals surface area contributed by atoms with Crippen LogP contribution in [0.1, 0.15) is 37.9 Å². The van der Waals surface area contributed by atoms with Gasteiger partial charge in [-0.05, 0) is 73.9 Å². The lowest BCUT2D eigenvalue weighted by Gasteiger charge is -2.38. The van der Waals surface area contributed by atoms with Crippen molar-refractivity contribution >= 4 is 24.3 Å². The van der Waals surface area contributed by atoms with Crippen molar-refractivity contribution in [1.82, 2.24) is 9.47 Å². The van der Waals surface area contributed by atoms with Crippen molar-refractivity contribution in [3.8, 4) is 11.1 Å².